The van der Waals surface area contributed by atoms with Gasteiger partial charge in [0.05, 0.1) is 29.6 Å². The molecule has 1 saturated heterocycles. The summed E-state index contributed by atoms with van der Waals surface area (Å²) < 4.78 is 19.1. The highest BCUT2D eigenvalue weighted by molar-refractivity contribution is 14.1. The number of benzene rings is 3. The van der Waals surface area contributed by atoms with Crippen molar-refractivity contribution in [2.45, 2.75) is 6.61 Å². The fraction of sp³-hybridized carbons (Fsp3) is 0.240. The second-order valence-corrected chi connectivity index (χ2v) is 9.40. The van der Waals surface area contributed by atoms with E-state index in [1.165, 1.54) is 5.69 Å². The summed E-state index contributed by atoms with van der Waals surface area (Å²) >= 11 is 5.73. The zero-order chi connectivity index (χ0) is 22.3. The first kappa shape index (κ1) is 23.1. The first-order valence-electron chi connectivity index (χ1n) is 10.3. The predicted octanol–water partition coefficient (Wildman–Crippen LogP) is 6.23. The van der Waals surface area contributed by atoms with Crippen LogP contribution in [0.15, 0.2) is 70.1 Å². The predicted molar refractivity (Wildman–Crippen MR) is 141 cm³/mol. The van der Waals surface area contributed by atoms with Gasteiger partial charge in [0, 0.05) is 29.5 Å². The number of nitrogens with zero attached hydrogens (tertiary/aromatic N) is 2. The van der Waals surface area contributed by atoms with Crippen LogP contribution in [0.3, 0.4) is 0 Å². The summed E-state index contributed by atoms with van der Waals surface area (Å²) in [6, 6.07) is 20.4. The van der Waals surface area contributed by atoms with Crippen LogP contribution in [0.4, 0.5) is 11.4 Å². The van der Waals surface area contributed by atoms with Gasteiger partial charge < -0.3 is 19.1 Å². The van der Waals surface area contributed by atoms with E-state index in [9.17, 15) is 0 Å². The SMILES string of the molecule is COc1cc(C=Nc2ccc(N3CCOCC3)cc2)cc(I)c1OCc1ccc(Br)cc1. The first-order chi connectivity index (χ1) is 15.6. The van der Waals surface area contributed by atoms with E-state index < -0.39 is 0 Å². The molecule has 1 heterocycles. The van der Waals surface area contributed by atoms with Crippen LogP contribution in [-0.4, -0.2) is 39.6 Å². The lowest BCUT2D eigenvalue weighted by Gasteiger charge is -2.28. The normalized spacial score (nSPS) is 14.0. The minimum atomic E-state index is 0.475. The molecular formula is C25H24BrIN2O3. The molecule has 3 aromatic carbocycles. The molecule has 32 heavy (non-hydrogen) atoms. The Balaban J connectivity index is 1.44. The van der Waals surface area contributed by atoms with E-state index in [4.69, 9.17) is 14.2 Å². The Hall–Kier alpha value is -2.10. The molecule has 0 radical (unpaired) electrons. The van der Waals surface area contributed by atoms with Crippen LogP contribution < -0.4 is 14.4 Å². The molecule has 0 aliphatic carbocycles. The maximum atomic E-state index is 6.07. The summed E-state index contributed by atoms with van der Waals surface area (Å²) in [7, 11) is 1.66. The van der Waals surface area contributed by atoms with Crippen molar-refractivity contribution in [1.29, 1.82) is 0 Å². The Morgan fingerprint density at radius 1 is 1.06 bits per heavy atom. The second-order valence-electron chi connectivity index (χ2n) is 7.32. The molecule has 0 bridgehead atoms. The van der Waals surface area contributed by atoms with Gasteiger partial charge in [-0.15, -0.1) is 0 Å². The van der Waals surface area contributed by atoms with Gasteiger partial charge in [-0.2, -0.15) is 0 Å². The number of anilines is 1. The molecule has 1 aliphatic rings. The molecule has 0 saturated carbocycles. The zero-order valence-electron chi connectivity index (χ0n) is 17.8. The second kappa shape index (κ2) is 11.2. The minimum Gasteiger partial charge on any atom is -0.493 e. The highest BCUT2D eigenvalue weighted by atomic mass is 127. The zero-order valence-corrected chi connectivity index (χ0v) is 21.5. The van der Waals surface area contributed by atoms with Crippen LogP contribution in [0.1, 0.15) is 11.1 Å². The van der Waals surface area contributed by atoms with Crippen LogP contribution in [0, 0.1) is 3.57 Å². The molecule has 5 nitrogen and oxygen atoms in total. The van der Waals surface area contributed by atoms with E-state index >= 15 is 0 Å². The summed E-state index contributed by atoms with van der Waals surface area (Å²) in [4.78, 5) is 6.97. The Morgan fingerprint density at radius 3 is 2.47 bits per heavy atom. The number of hydrogen-bond acceptors (Lipinski definition) is 5. The maximum absolute atomic E-state index is 6.07. The van der Waals surface area contributed by atoms with E-state index in [0.717, 1.165) is 56.9 Å². The van der Waals surface area contributed by atoms with E-state index in [1.54, 1.807) is 7.11 Å². The molecule has 1 fully saturated rings. The lowest BCUT2D eigenvalue weighted by molar-refractivity contribution is 0.122. The van der Waals surface area contributed by atoms with Crippen molar-refractivity contribution < 1.29 is 14.2 Å². The molecular weight excluding hydrogens is 583 g/mol. The highest BCUT2D eigenvalue weighted by Crippen LogP contribution is 2.34. The third kappa shape index (κ3) is 6.02. The van der Waals surface area contributed by atoms with Gasteiger partial charge in [-0.3, -0.25) is 4.99 Å². The van der Waals surface area contributed by atoms with Crippen molar-refractivity contribution in [3.63, 3.8) is 0 Å². The Bertz CT molecular complexity index is 1070. The van der Waals surface area contributed by atoms with Crippen molar-refractivity contribution in [2.24, 2.45) is 4.99 Å². The van der Waals surface area contributed by atoms with Crippen LogP contribution in [0.2, 0.25) is 0 Å². The average Bonchev–Trinajstić information content (AvgIpc) is 2.83. The average molecular weight is 607 g/mol. The number of methoxy groups -OCH3 is 1. The largest absolute Gasteiger partial charge is 0.493 e. The quantitative estimate of drug-likeness (QED) is 0.236. The molecule has 3 aromatic rings. The van der Waals surface area contributed by atoms with E-state index in [2.05, 4.69) is 60.5 Å². The van der Waals surface area contributed by atoms with Crippen LogP contribution >= 0.6 is 38.5 Å². The summed E-state index contributed by atoms with van der Waals surface area (Å²) in [5.74, 6) is 1.43. The molecule has 0 spiro atoms. The van der Waals surface area contributed by atoms with Crippen molar-refractivity contribution in [1.82, 2.24) is 0 Å². The van der Waals surface area contributed by atoms with Crippen molar-refractivity contribution in [2.75, 3.05) is 38.3 Å². The van der Waals surface area contributed by atoms with Gasteiger partial charge in [0.25, 0.3) is 0 Å². The summed E-state index contributed by atoms with van der Waals surface area (Å²) in [5, 5.41) is 0. The molecule has 4 rings (SSSR count). The standard InChI is InChI=1S/C25H24BrIN2O3/c1-30-24-15-19(14-23(27)25(24)32-17-18-2-4-20(26)5-3-18)16-28-21-6-8-22(9-7-21)29-10-12-31-13-11-29/h2-9,14-16H,10-13,17H2,1H3. The van der Waals surface area contributed by atoms with Gasteiger partial charge in [-0.25, -0.2) is 0 Å². The van der Waals surface area contributed by atoms with E-state index in [1.807, 2.05) is 54.7 Å². The molecule has 7 heteroatoms. The summed E-state index contributed by atoms with van der Waals surface area (Å²) in [6.07, 6.45) is 1.85. The first-order valence-corrected chi connectivity index (χ1v) is 12.2. The molecule has 0 amide bonds. The fourth-order valence-electron chi connectivity index (χ4n) is 3.41. The number of morpholine rings is 1. The lowest BCUT2D eigenvalue weighted by Crippen LogP contribution is -2.36. The van der Waals surface area contributed by atoms with Gasteiger partial charge in [0.2, 0.25) is 0 Å². The number of hydrogen-bond donors (Lipinski definition) is 0. The molecule has 0 atom stereocenters. The monoisotopic (exact) mass is 606 g/mol. The molecule has 0 unspecified atom stereocenters. The van der Waals surface area contributed by atoms with E-state index in [-0.39, 0.29) is 0 Å². The van der Waals surface area contributed by atoms with Gasteiger partial charge in [-0.1, -0.05) is 28.1 Å². The minimum absolute atomic E-state index is 0.475. The van der Waals surface area contributed by atoms with Gasteiger partial charge in [-0.05, 0) is 82.2 Å². The number of halogens is 2. The third-order valence-electron chi connectivity index (χ3n) is 5.14. The maximum Gasteiger partial charge on any atom is 0.174 e. The van der Waals surface area contributed by atoms with Crippen molar-refractivity contribution in [3.05, 3.63) is 79.8 Å². The Morgan fingerprint density at radius 2 is 1.78 bits per heavy atom. The lowest BCUT2D eigenvalue weighted by atomic mass is 10.2. The number of ether oxygens (including phenoxy) is 3. The van der Waals surface area contributed by atoms with Gasteiger partial charge in [0.1, 0.15) is 6.61 Å². The smallest absolute Gasteiger partial charge is 0.174 e. The van der Waals surface area contributed by atoms with Gasteiger partial charge in [0.15, 0.2) is 11.5 Å². The molecule has 166 valence electrons. The Labute approximate surface area is 210 Å². The van der Waals surface area contributed by atoms with Crippen LogP contribution in [0.5, 0.6) is 11.5 Å². The molecule has 0 N–H and O–H groups in total. The number of rotatable bonds is 7. The van der Waals surface area contributed by atoms with Crippen molar-refractivity contribution >= 4 is 56.1 Å². The van der Waals surface area contributed by atoms with E-state index in [0.29, 0.717) is 12.4 Å². The third-order valence-corrected chi connectivity index (χ3v) is 6.47. The molecule has 1 aliphatic heterocycles. The summed E-state index contributed by atoms with van der Waals surface area (Å²) in [6.45, 7) is 3.89. The number of aliphatic imine (C=N–C) groups is 1. The summed E-state index contributed by atoms with van der Waals surface area (Å²) in [5.41, 5.74) is 4.17. The van der Waals surface area contributed by atoms with Crippen LogP contribution in [0.25, 0.3) is 0 Å². The molecule has 0 aromatic heterocycles. The van der Waals surface area contributed by atoms with Gasteiger partial charge >= 0.3 is 0 Å². The van der Waals surface area contributed by atoms with Crippen molar-refractivity contribution in [3.8, 4) is 11.5 Å². The van der Waals surface area contributed by atoms with Crippen LogP contribution in [-0.2, 0) is 11.3 Å². The highest BCUT2D eigenvalue weighted by Gasteiger charge is 2.12. The Kier molecular flexibility index (Phi) is 8.05. The topological polar surface area (TPSA) is 43.3 Å². The fourth-order valence-corrected chi connectivity index (χ4v) is 4.46.